The Morgan fingerprint density at radius 2 is 1.79 bits per heavy atom. The fourth-order valence-electron chi connectivity index (χ4n) is 1.60. The van der Waals surface area contributed by atoms with Crippen molar-refractivity contribution >= 4 is 5.69 Å². The molecule has 0 fully saturated rings. The summed E-state index contributed by atoms with van der Waals surface area (Å²) in [6.07, 6.45) is 1.77. The highest BCUT2D eigenvalue weighted by atomic mass is 16.5. The largest absolute Gasteiger partial charge is 0.486 e. The van der Waals surface area contributed by atoms with E-state index in [9.17, 15) is 0 Å². The Hall–Kier alpha value is -2.10. The van der Waals surface area contributed by atoms with Crippen LogP contribution >= 0.6 is 0 Å². The molecule has 0 unspecified atom stereocenters. The van der Waals surface area contributed by atoms with E-state index >= 15 is 0 Å². The summed E-state index contributed by atoms with van der Waals surface area (Å²) in [5, 5.41) is 0. The maximum Gasteiger partial charge on any atom is 0.166 e. The summed E-state index contributed by atoms with van der Waals surface area (Å²) in [7, 11) is 0. The maximum atomic E-state index is 5.63. The van der Waals surface area contributed by atoms with Crippen LogP contribution in [0, 0.1) is 0 Å². The number of hydrogen-bond donors (Lipinski definition) is 1. The normalized spacial score (nSPS) is 11.3. The average Bonchev–Trinajstić information content (AvgIpc) is 2.37. The second-order valence-electron chi connectivity index (χ2n) is 5.47. The van der Waals surface area contributed by atoms with Crippen molar-refractivity contribution in [1.82, 2.24) is 9.97 Å². The summed E-state index contributed by atoms with van der Waals surface area (Å²) >= 11 is 0. The van der Waals surface area contributed by atoms with Gasteiger partial charge in [-0.2, -0.15) is 0 Å². The molecule has 2 N–H and O–H groups in total. The molecular formula is C15H19N3O. The monoisotopic (exact) mass is 257 g/mol. The van der Waals surface area contributed by atoms with Crippen LogP contribution in [-0.4, -0.2) is 9.97 Å². The van der Waals surface area contributed by atoms with Crippen LogP contribution in [0.2, 0.25) is 0 Å². The Kier molecular flexibility index (Phi) is 3.69. The first-order valence-corrected chi connectivity index (χ1v) is 6.26. The van der Waals surface area contributed by atoms with E-state index in [-0.39, 0.29) is 5.41 Å². The lowest BCUT2D eigenvalue weighted by molar-refractivity contribution is 0.294. The zero-order chi connectivity index (χ0) is 13.9. The van der Waals surface area contributed by atoms with Crippen molar-refractivity contribution in [3.8, 4) is 5.75 Å². The third kappa shape index (κ3) is 3.68. The van der Waals surface area contributed by atoms with Gasteiger partial charge in [-0.15, -0.1) is 0 Å². The molecule has 0 radical (unpaired) electrons. The molecule has 4 heteroatoms. The third-order valence-electron chi connectivity index (χ3n) is 2.72. The van der Waals surface area contributed by atoms with Crippen LogP contribution in [0.25, 0.3) is 0 Å². The van der Waals surface area contributed by atoms with E-state index in [2.05, 4.69) is 30.7 Å². The molecule has 0 spiro atoms. The van der Waals surface area contributed by atoms with Gasteiger partial charge in [0, 0.05) is 23.0 Å². The molecule has 19 heavy (non-hydrogen) atoms. The van der Waals surface area contributed by atoms with Crippen LogP contribution in [0.4, 0.5) is 5.69 Å². The van der Waals surface area contributed by atoms with Crippen LogP contribution in [-0.2, 0) is 12.0 Å². The van der Waals surface area contributed by atoms with Crippen LogP contribution in [0.15, 0.2) is 36.5 Å². The highest BCUT2D eigenvalue weighted by Crippen LogP contribution is 2.19. The molecule has 0 aliphatic heterocycles. The molecule has 1 heterocycles. The smallest absolute Gasteiger partial charge is 0.166 e. The molecule has 0 aliphatic carbocycles. The lowest BCUT2D eigenvalue weighted by Gasteiger charge is -2.17. The minimum atomic E-state index is 0.0128. The quantitative estimate of drug-likeness (QED) is 0.859. The van der Waals surface area contributed by atoms with E-state index in [4.69, 9.17) is 10.5 Å². The zero-order valence-corrected chi connectivity index (χ0v) is 11.6. The van der Waals surface area contributed by atoms with Gasteiger partial charge in [-0.25, -0.2) is 9.97 Å². The van der Waals surface area contributed by atoms with Gasteiger partial charge in [-0.3, -0.25) is 0 Å². The lowest BCUT2D eigenvalue weighted by atomic mass is 9.92. The molecule has 0 atom stereocenters. The van der Waals surface area contributed by atoms with Crippen LogP contribution in [0.3, 0.4) is 0 Å². The number of rotatable bonds is 3. The first-order chi connectivity index (χ1) is 8.95. The summed E-state index contributed by atoms with van der Waals surface area (Å²) in [5.41, 5.74) is 7.37. The molecule has 1 aromatic carbocycles. The van der Waals surface area contributed by atoms with Crippen molar-refractivity contribution in [3.05, 3.63) is 48.0 Å². The van der Waals surface area contributed by atoms with E-state index in [1.165, 1.54) is 0 Å². The van der Waals surface area contributed by atoms with E-state index in [0.29, 0.717) is 12.4 Å². The van der Waals surface area contributed by atoms with Crippen molar-refractivity contribution in [2.24, 2.45) is 0 Å². The number of nitrogen functional groups attached to an aromatic ring is 1. The van der Waals surface area contributed by atoms with Gasteiger partial charge >= 0.3 is 0 Å². The molecular weight excluding hydrogens is 238 g/mol. The number of nitrogens with zero attached hydrogens (tertiary/aromatic N) is 2. The second-order valence-corrected chi connectivity index (χ2v) is 5.47. The van der Waals surface area contributed by atoms with E-state index in [1.807, 2.05) is 30.3 Å². The van der Waals surface area contributed by atoms with E-state index in [1.54, 1.807) is 6.20 Å². The maximum absolute atomic E-state index is 5.63. The summed E-state index contributed by atoms with van der Waals surface area (Å²) in [6, 6.07) is 9.22. The predicted octanol–water partition coefficient (Wildman–Crippen LogP) is 2.94. The number of ether oxygens (including phenoxy) is 1. The fraction of sp³-hybridized carbons (Fsp3) is 0.333. The summed E-state index contributed by atoms with van der Waals surface area (Å²) in [4.78, 5) is 8.74. The van der Waals surface area contributed by atoms with Crippen molar-refractivity contribution in [2.75, 3.05) is 5.73 Å². The molecule has 1 aromatic heterocycles. The van der Waals surface area contributed by atoms with Crippen molar-refractivity contribution in [2.45, 2.75) is 32.8 Å². The summed E-state index contributed by atoms with van der Waals surface area (Å²) in [5.74, 6) is 1.45. The second kappa shape index (κ2) is 5.26. The Morgan fingerprint density at radius 3 is 2.42 bits per heavy atom. The van der Waals surface area contributed by atoms with E-state index in [0.717, 1.165) is 17.1 Å². The molecule has 0 amide bonds. The third-order valence-corrected chi connectivity index (χ3v) is 2.72. The molecule has 2 rings (SSSR count). The van der Waals surface area contributed by atoms with Gasteiger partial charge in [-0.1, -0.05) is 20.8 Å². The average molecular weight is 257 g/mol. The Morgan fingerprint density at radius 1 is 1.11 bits per heavy atom. The Bertz CT molecular complexity index is 544. The highest BCUT2D eigenvalue weighted by Gasteiger charge is 2.15. The molecule has 0 bridgehead atoms. The van der Waals surface area contributed by atoms with Crippen LogP contribution in [0.1, 0.15) is 32.3 Å². The first kappa shape index (κ1) is 13.3. The molecule has 2 aromatic rings. The minimum Gasteiger partial charge on any atom is -0.486 e. The van der Waals surface area contributed by atoms with Crippen molar-refractivity contribution in [1.29, 1.82) is 0 Å². The number of aromatic nitrogens is 2. The van der Waals surface area contributed by atoms with Gasteiger partial charge < -0.3 is 10.5 Å². The molecule has 0 saturated heterocycles. The summed E-state index contributed by atoms with van der Waals surface area (Å²) < 4.78 is 5.63. The Balaban J connectivity index is 2.05. The lowest BCUT2D eigenvalue weighted by Crippen LogP contribution is -2.15. The first-order valence-electron chi connectivity index (χ1n) is 6.26. The van der Waals surface area contributed by atoms with Crippen LogP contribution < -0.4 is 10.5 Å². The van der Waals surface area contributed by atoms with Gasteiger partial charge in [0.1, 0.15) is 12.4 Å². The molecule has 100 valence electrons. The topological polar surface area (TPSA) is 61.0 Å². The standard InChI is InChI=1S/C15H19N3O/c1-15(2,3)13-8-9-17-14(18-13)10-19-12-6-4-11(16)5-7-12/h4-9H,10,16H2,1-3H3. The van der Waals surface area contributed by atoms with Crippen molar-refractivity contribution in [3.63, 3.8) is 0 Å². The minimum absolute atomic E-state index is 0.0128. The molecule has 0 aliphatic rings. The van der Waals surface area contributed by atoms with Gasteiger partial charge in [0.05, 0.1) is 0 Å². The fourth-order valence-corrected chi connectivity index (χ4v) is 1.60. The highest BCUT2D eigenvalue weighted by molar-refractivity contribution is 5.41. The van der Waals surface area contributed by atoms with E-state index < -0.39 is 0 Å². The molecule has 4 nitrogen and oxygen atoms in total. The van der Waals surface area contributed by atoms with Gasteiger partial charge in [0.15, 0.2) is 5.82 Å². The summed E-state index contributed by atoms with van der Waals surface area (Å²) in [6.45, 7) is 6.73. The predicted molar refractivity (Wildman–Crippen MR) is 75.9 cm³/mol. The van der Waals surface area contributed by atoms with Gasteiger partial charge in [0.25, 0.3) is 0 Å². The van der Waals surface area contributed by atoms with Gasteiger partial charge in [0.2, 0.25) is 0 Å². The number of nitrogens with two attached hydrogens (primary N) is 1. The SMILES string of the molecule is CC(C)(C)c1ccnc(COc2ccc(N)cc2)n1. The van der Waals surface area contributed by atoms with Crippen LogP contribution in [0.5, 0.6) is 5.75 Å². The Labute approximate surface area is 113 Å². The van der Waals surface area contributed by atoms with Crippen molar-refractivity contribution < 1.29 is 4.74 Å². The van der Waals surface area contributed by atoms with Gasteiger partial charge in [-0.05, 0) is 30.3 Å². The number of hydrogen-bond acceptors (Lipinski definition) is 4. The zero-order valence-electron chi connectivity index (χ0n) is 11.6. The number of anilines is 1. The molecule has 0 saturated carbocycles. The number of benzene rings is 1.